The van der Waals surface area contributed by atoms with Crippen molar-refractivity contribution in [2.24, 2.45) is 0 Å². The minimum Gasteiger partial charge on any atom is -0.490 e. The monoisotopic (exact) mass is 855 g/mol. The van der Waals surface area contributed by atoms with Crippen molar-refractivity contribution < 1.29 is 14.2 Å². The highest BCUT2D eigenvalue weighted by Crippen LogP contribution is 2.43. The van der Waals surface area contributed by atoms with Crippen molar-refractivity contribution >= 4 is 45.9 Å². The van der Waals surface area contributed by atoms with Crippen LogP contribution in [0.25, 0.3) is 45.9 Å². The van der Waals surface area contributed by atoms with E-state index in [1.165, 1.54) is 135 Å². The molecule has 7 nitrogen and oxygen atoms in total. The van der Waals surface area contributed by atoms with Crippen molar-refractivity contribution in [1.29, 1.82) is 0 Å². The number of ether oxygens (including phenoxy) is 3. The number of fused-ring (bicyclic) bond motifs is 8. The van der Waals surface area contributed by atoms with Crippen LogP contribution in [-0.4, -0.2) is 39.8 Å². The van der Waals surface area contributed by atoms with Crippen LogP contribution >= 0.6 is 0 Å². The Bertz CT molecular complexity index is 2130. The van der Waals surface area contributed by atoms with Crippen molar-refractivity contribution in [2.45, 2.75) is 175 Å². The number of H-pyrrole nitrogens is 2. The first-order valence-corrected chi connectivity index (χ1v) is 25.3. The zero-order valence-electron chi connectivity index (χ0n) is 39.2. The fourth-order valence-electron chi connectivity index (χ4n) is 8.58. The molecule has 0 amide bonds. The summed E-state index contributed by atoms with van der Waals surface area (Å²) in [6, 6.07) is 21.1. The maximum Gasteiger partial charge on any atom is 0.203 e. The minimum absolute atomic E-state index is 0.645. The van der Waals surface area contributed by atoms with Crippen LogP contribution in [0.1, 0.15) is 203 Å². The molecule has 0 aliphatic carbocycles. The van der Waals surface area contributed by atoms with Gasteiger partial charge in [0.25, 0.3) is 0 Å². The number of hydrogen-bond acceptors (Lipinski definition) is 5. The van der Waals surface area contributed by atoms with Crippen molar-refractivity contribution in [3.63, 3.8) is 0 Å². The minimum atomic E-state index is 0.645. The molecule has 7 heteroatoms. The summed E-state index contributed by atoms with van der Waals surface area (Å²) in [5.74, 6) is 2.26. The first-order chi connectivity index (χ1) is 31.1. The molecule has 0 fully saturated rings. The van der Waals surface area contributed by atoms with E-state index in [4.69, 9.17) is 24.2 Å². The number of rotatable bonds is 31. The third-order valence-corrected chi connectivity index (χ3v) is 12.3. The standard InChI is InChI=1S/C56H78N4O3/c1-4-7-10-13-16-19-22-25-34-61-54-37-44(38-55(62-35-26-23-20-17-14-11-8-5-2)56(54)63-36-27-24-21-18-15-12-9-6-3)52-42-51-41-49-31-30-47(58-49)39-45-28-29-46(57-45)40-48-32-33-50(59-48)43-53(52)60-51/h28-33,37-43,57-58H,4-27,34-36H2,1-3H3. The fraction of sp³-hybridized carbons (Fsp3) is 0.536. The molecule has 8 bridgehead atoms. The number of aromatic nitrogens is 4. The Morgan fingerprint density at radius 2 is 0.794 bits per heavy atom. The number of aromatic amines is 2. The van der Waals surface area contributed by atoms with E-state index in [0.717, 1.165) is 92.5 Å². The highest BCUT2D eigenvalue weighted by Gasteiger charge is 2.21. The van der Waals surface area contributed by atoms with E-state index in [9.17, 15) is 0 Å². The molecule has 3 aromatic heterocycles. The second-order valence-corrected chi connectivity index (χ2v) is 17.9. The van der Waals surface area contributed by atoms with Crippen LogP contribution in [0.2, 0.25) is 0 Å². The van der Waals surface area contributed by atoms with Gasteiger partial charge in [-0.2, -0.15) is 0 Å². The van der Waals surface area contributed by atoms with Gasteiger partial charge in [0.15, 0.2) is 11.5 Å². The predicted molar refractivity (Wildman–Crippen MR) is 268 cm³/mol. The number of hydrogen-bond donors (Lipinski definition) is 2. The van der Waals surface area contributed by atoms with E-state index in [1.54, 1.807) is 0 Å². The van der Waals surface area contributed by atoms with Gasteiger partial charge >= 0.3 is 0 Å². The summed E-state index contributed by atoms with van der Waals surface area (Å²) in [6.45, 7) is 8.78. The third kappa shape index (κ3) is 16.4. The van der Waals surface area contributed by atoms with Crippen LogP contribution in [0.15, 0.2) is 60.7 Å². The maximum atomic E-state index is 6.76. The molecule has 0 saturated carbocycles. The molecule has 0 atom stereocenters. The van der Waals surface area contributed by atoms with Crippen LogP contribution in [0.3, 0.4) is 0 Å². The molecule has 5 heterocycles. The molecule has 0 unspecified atom stereocenters. The Morgan fingerprint density at radius 1 is 0.397 bits per heavy atom. The lowest BCUT2D eigenvalue weighted by molar-refractivity contribution is 0.234. The molecular weight excluding hydrogens is 777 g/mol. The van der Waals surface area contributed by atoms with E-state index < -0.39 is 0 Å². The Morgan fingerprint density at radius 3 is 1.27 bits per heavy atom. The average Bonchev–Trinajstić information content (AvgIpc) is 4.11. The zero-order chi connectivity index (χ0) is 43.7. The van der Waals surface area contributed by atoms with E-state index in [1.807, 2.05) is 0 Å². The molecule has 1 aromatic carbocycles. The molecule has 63 heavy (non-hydrogen) atoms. The van der Waals surface area contributed by atoms with E-state index in [0.29, 0.717) is 19.8 Å². The number of nitrogens with zero attached hydrogens (tertiary/aromatic N) is 2. The predicted octanol–water partition coefficient (Wildman–Crippen LogP) is 16.6. The molecule has 2 aliphatic heterocycles. The average molecular weight is 855 g/mol. The maximum absolute atomic E-state index is 6.76. The summed E-state index contributed by atoms with van der Waals surface area (Å²) in [7, 11) is 0. The van der Waals surface area contributed by atoms with Gasteiger partial charge in [0, 0.05) is 27.6 Å². The lowest BCUT2D eigenvalue weighted by Gasteiger charge is -2.19. The zero-order valence-corrected chi connectivity index (χ0v) is 39.2. The summed E-state index contributed by atoms with van der Waals surface area (Å²) in [6.07, 6.45) is 36.4. The quantitative estimate of drug-likeness (QED) is 0.0426. The van der Waals surface area contributed by atoms with Crippen molar-refractivity contribution in [3.05, 3.63) is 89.0 Å². The number of benzene rings is 1. The van der Waals surface area contributed by atoms with E-state index >= 15 is 0 Å². The Balaban J connectivity index is 1.30. The topological polar surface area (TPSA) is 85.1 Å². The van der Waals surface area contributed by atoms with Gasteiger partial charge in [-0.1, -0.05) is 156 Å². The third-order valence-electron chi connectivity index (χ3n) is 12.3. The lowest BCUT2D eigenvalue weighted by atomic mass is 10.0. The van der Waals surface area contributed by atoms with Crippen LogP contribution in [0.5, 0.6) is 17.2 Å². The van der Waals surface area contributed by atoms with Crippen LogP contribution in [0.4, 0.5) is 0 Å². The number of nitrogens with one attached hydrogen (secondary N) is 2. The lowest BCUT2D eigenvalue weighted by Crippen LogP contribution is -2.07. The highest BCUT2D eigenvalue weighted by molar-refractivity contribution is 5.94. The largest absolute Gasteiger partial charge is 0.490 e. The molecule has 0 saturated heterocycles. The van der Waals surface area contributed by atoms with Gasteiger partial charge in [-0.05, 0) is 104 Å². The van der Waals surface area contributed by atoms with E-state index in [2.05, 4.69) is 110 Å². The molecule has 0 radical (unpaired) electrons. The second-order valence-electron chi connectivity index (χ2n) is 17.9. The first-order valence-electron chi connectivity index (χ1n) is 25.3. The SMILES string of the molecule is CCCCCCCCCCOc1cc(C2=Cc3cc4ccc(cc5ccc(cc6nc(cc2n3)C=C6)[nH]5)[nH]4)cc(OCCCCCCCCCC)c1OCCCCCCCCCC. The molecule has 4 aromatic rings. The van der Waals surface area contributed by atoms with Gasteiger partial charge in [-0.25, -0.2) is 9.97 Å². The van der Waals surface area contributed by atoms with Crippen molar-refractivity contribution in [1.82, 2.24) is 19.9 Å². The van der Waals surface area contributed by atoms with Crippen LogP contribution in [0, 0.1) is 0 Å². The van der Waals surface area contributed by atoms with Gasteiger partial charge < -0.3 is 24.2 Å². The Labute approximate surface area is 379 Å². The fourth-order valence-corrected chi connectivity index (χ4v) is 8.58. The molecule has 2 aliphatic rings. The van der Waals surface area contributed by atoms with Crippen LogP contribution < -0.4 is 14.2 Å². The van der Waals surface area contributed by atoms with Gasteiger partial charge in [0.2, 0.25) is 5.75 Å². The van der Waals surface area contributed by atoms with Gasteiger partial charge in [-0.3, -0.25) is 0 Å². The normalized spacial score (nSPS) is 12.2. The van der Waals surface area contributed by atoms with E-state index in [-0.39, 0.29) is 0 Å². The Kier molecular flexibility index (Phi) is 20.8. The summed E-state index contributed by atoms with van der Waals surface area (Å²) in [5.41, 5.74) is 9.55. The molecule has 0 spiro atoms. The molecule has 2 N–H and O–H groups in total. The van der Waals surface area contributed by atoms with Crippen LogP contribution in [-0.2, 0) is 0 Å². The Hall–Kier alpha value is -4.78. The number of unbranched alkanes of at least 4 members (excludes halogenated alkanes) is 21. The summed E-state index contributed by atoms with van der Waals surface area (Å²) in [5, 5.41) is 0. The summed E-state index contributed by atoms with van der Waals surface area (Å²) < 4.78 is 20.3. The second kappa shape index (κ2) is 27.4. The van der Waals surface area contributed by atoms with Gasteiger partial charge in [0.05, 0.1) is 42.6 Å². The summed E-state index contributed by atoms with van der Waals surface area (Å²) in [4.78, 5) is 17.3. The smallest absolute Gasteiger partial charge is 0.203 e. The first kappa shape index (κ1) is 47.7. The van der Waals surface area contributed by atoms with Crippen molar-refractivity contribution in [2.75, 3.05) is 19.8 Å². The van der Waals surface area contributed by atoms with Gasteiger partial charge in [0.1, 0.15) is 0 Å². The highest BCUT2D eigenvalue weighted by atomic mass is 16.5. The molecular formula is C56H78N4O3. The molecule has 340 valence electrons. The van der Waals surface area contributed by atoms with Gasteiger partial charge in [-0.15, -0.1) is 0 Å². The molecule has 6 rings (SSSR count). The summed E-state index contributed by atoms with van der Waals surface area (Å²) >= 11 is 0. The van der Waals surface area contributed by atoms with Crippen molar-refractivity contribution in [3.8, 4) is 17.2 Å².